The zero-order valence-corrected chi connectivity index (χ0v) is 14.2. The second-order valence-corrected chi connectivity index (χ2v) is 5.52. The molecule has 130 valence electrons. The smallest absolute Gasteiger partial charge is 0.258 e. The lowest BCUT2D eigenvalue weighted by atomic mass is 10.1. The third kappa shape index (κ3) is 4.23. The van der Waals surface area contributed by atoms with Crippen molar-refractivity contribution in [2.75, 3.05) is 37.3 Å². The maximum Gasteiger partial charge on any atom is 0.258 e. The Balaban J connectivity index is 2.09. The summed E-state index contributed by atoms with van der Waals surface area (Å²) >= 11 is 0. The highest BCUT2D eigenvalue weighted by molar-refractivity contribution is 5.99. The number of pyridine rings is 1. The van der Waals surface area contributed by atoms with Crippen LogP contribution >= 0.6 is 0 Å². The van der Waals surface area contributed by atoms with Gasteiger partial charge in [0.1, 0.15) is 11.6 Å². The van der Waals surface area contributed by atoms with Crippen LogP contribution < -0.4 is 10.6 Å². The average Bonchev–Trinajstić information content (AvgIpc) is 2.62. The van der Waals surface area contributed by atoms with Crippen molar-refractivity contribution < 1.29 is 9.18 Å². The third-order valence-corrected chi connectivity index (χ3v) is 3.90. The van der Waals surface area contributed by atoms with E-state index in [1.807, 2.05) is 18.9 Å². The summed E-state index contributed by atoms with van der Waals surface area (Å²) in [5, 5.41) is 8.95. The number of likely N-dealkylation sites (N-methyl/N-ethyl adjacent to an activating group) is 2. The Labute approximate surface area is 146 Å². The lowest BCUT2D eigenvalue weighted by Crippen LogP contribution is -2.38. The molecule has 0 spiro atoms. The highest BCUT2D eigenvalue weighted by Gasteiger charge is 2.21. The van der Waals surface area contributed by atoms with Crippen LogP contribution in [-0.4, -0.2) is 42.5 Å². The molecule has 0 atom stereocenters. The molecule has 0 aliphatic carbocycles. The van der Waals surface area contributed by atoms with E-state index in [0.29, 0.717) is 31.0 Å². The number of nitriles is 1. The first-order valence-corrected chi connectivity index (χ1v) is 7.88. The van der Waals surface area contributed by atoms with Crippen molar-refractivity contribution in [2.45, 2.75) is 6.92 Å². The largest absolute Gasteiger partial charge is 0.398 e. The Hall–Kier alpha value is -3.14. The molecule has 1 aromatic carbocycles. The number of anilines is 2. The van der Waals surface area contributed by atoms with Crippen molar-refractivity contribution in [1.82, 2.24) is 9.88 Å². The van der Waals surface area contributed by atoms with Gasteiger partial charge in [0.2, 0.25) is 0 Å². The summed E-state index contributed by atoms with van der Waals surface area (Å²) in [6, 6.07) is 9.56. The van der Waals surface area contributed by atoms with E-state index in [0.717, 1.165) is 0 Å². The standard InChI is InChI=1S/C18H20FN5O/c1-3-24(18(25)17-14(19)5-4-6-15(17)21)10-9-23(2)16-11-13(12-20)7-8-22-16/h4-8,11H,3,9-10,21H2,1-2H3. The minimum Gasteiger partial charge on any atom is -0.398 e. The van der Waals surface area contributed by atoms with Crippen LogP contribution in [0.1, 0.15) is 22.8 Å². The predicted molar refractivity (Wildman–Crippen MR) is 94.6 cm³/mol. The van der Waals surface area contributed by atoms with Crippen LogP contribution in [0.25, 0.3) is 0 Å². The van der Waals surface area contributed by atoms with Gasteiger partial charge in [-0.25, -0.2) is 9.37 Å². The fraction of sp³-hybridized carbons (Fsp3) is 0.278. The van der Waals surface area contributed by atoms with Gasteiger partial charge in [0.25, 0.3) is 5.91 Å². The van der Waals surface area contributed by atoms with Crippen molar-refractivity contribution in [2.24, 2.45) is 0 Å². The molecule has 0 unspecified atom stereocenters. The zero-order chi connectivity index (χ0) is 18.4. The Morgan fingerprint density at radius 3 is 2.76 bits per heavy atom. The minimum atomic E-state index is -0.625. The molecule has 0 radical (unpaired) electrons. The van der Waals surface area contributed by atoms with Gasteiger partial charge in [-0.1, -0.05) is 6.07 Å². The number of carbonyl (C=O) groups excluding carboxylic acids is 1. The number of benzene rings is 1. The molecule has 0 aliphatic heterocycles. The van der Waals surface area contributed by atoms with E-state index < -0.39 is 11.7 Å². The van der Waals surface area contributed by atoms with E-state index >= 15 is 0 Å². The lowest BCUT2D eigenvalue weighted by molar-refractivity contribution is 0.0765. The molecular weight excluding hydrogens is 321 g/mol. The van der Waals surface area contributed by atoms with E-state index in [1.165, 1.54) is 23.1 Å². The van der Waals surface area contributed by atoms with E-state index in [2.05, 4.69) is 11.1 Å². The van der Waals surface area contributed by atoms with Crippen LogP contribution in [0.3, 0.4) is 0 Å². The normalized spacial score (nSPS) is 10.2. The molecular formula is C18H20FN5O. The third-order valence-electron chi connectivity index (χ3n) is 3.90. The molecule has 1 aromatic heterocycles. The number of aromatic nitrogens is 1. The molecule has 0 fully saturated rings. The van der Waals surface area contributed by atoms with Crippen LogP contribution in [0.15, 0.2) is 36.5 Å². The topological polar surface area (TPSA) is 86.2 Å². The number of nitrogens with zero attached hydrogens (tertiary/aromatic N) is 4. The van der Waals surface area contributed by atoms with E-state index in [1.54, 1.807) is 18.3 Å². The first-order valence-electron chi connectivity index (χ1n) is 7.88. The average molecular weight is 341 g/mol. The number of hydrogen-bond donors (Lipinski definition) is 1. The Morgan fingerprint density at radius 1 is 1.36 bits per heavy atom. The Morgan fingerprint density at radius 2 is 2.12 bits per heavy atom. The quantitative estimate of drug-likeness (QED) is 0.815. The predicted octanol–water partition coefficient (Wildman–Crippen LogP) is 2.27. The molecule has 0 saturated heterocycles. The SMILES string of the molecule is CCN(CCN(C)c1cc(C#N)ccn1)C(=O)c1c(N)cccc1F. The van der Waals surface area contributed by atoms with Crippen LogP contribution in [0.2, 0.25) is 0 Å². The van der Waals surface area contributed by atoms with Gasteiger partial charge in [0.05, 0.1) is 17.2 Å². The first kappa shape index (κ1) is 18.2. The maximum absolute atomic E-state index is 14.0. The second kappa shape index (κ2) is 8.11. The summed E-state index contributed by atoms with van der Waals surface area (Å²) in [7, 11) is 1.82. The summed E-state index contributed by atoms with van der Waals surface area (Å²) < 4.78 is 14.0. The first-order chi connectivity index (χ1) is 12.0. The summed E-state index contributed by atoms with van der Waals surface area (Å²) in [4.78, 5) is 20.2. The van der Waals surface area contributed by atoms with E-state index in [-0.39, 0.29) is 11.3 Å². The number of nitrogens with two attached hydrogens (primary N) is 1. The molecule has 6 nitrogen and oxygen atoms in total. The van der Waals surface area contributed by atoms with Crippen molar-refractivity contribution in [3.63, 3.8) is 0 Å². The molecule has 7 heteroatoms. The molecule has 2 aromatic rings. The van der Waals surface area contributed by atoms with Gasteiger partial charge in [-0.15, -0.1) is 0 Å². The number of rotatable bonds is 6. The van der Waals surface area contributed by atoms with Gasteiger partial charge in [-0.3, -0.25) is 4.79 Å². The van der Waals surface area contributed by atoms with Gasteiger partial charge in [-0.2, -0.15) is 5.26 Å². The fourth-order valence-corrected chi connectivity index (χ4v) is 2.41. The molecule has 0 bridgehead atoms. The molecule has 1 amide bonds. The Bertz CT molecular complexity index is 782. The summed E-state index contributed by atoms with van der Waals surface area (Å²) in [6.45, 7) is 3.10. The van der Waals surface area contributed by atoms with Crippen LogP contribution in [0, 0.1) is 17.1 Å². The highest BCUT2D eigenvalue weighted by atomic mass is 19.1. The highest BCUT2D eigenvalue weighted by Crippen LogP contribution is 2.18. The van der Waals surface area contributed by atoms with Crippen LogP contribution in [-0.2, 0) is 0 Å². The van der Waals surface area contributed by atoms with Crippen molar-refractivity contribution in [3.8, 4) is 6.07 Å². The van der Waals surface area contributed by atoms with Gasteiger partial charge >= 0.3 is 0 Å². The van der Waals surface area contributed by atoms with Gasteiger partial charge in [0.15, 0.2) is 0 Å². The second-order valence-electron chi connectivity index (χ2n) is 5.52. The van der Waals surface area contributed by atoms with Gasteiger partial charge in [-0.05, 0) is 31.2 Å². The number of halogens is 1. The monoisotopic (exact) mass is 341 g/mol. The summed E-state index contributed by atoms with van der Waals surface area (Å²) in [5.74, 6) is -0.432. The number of nitrogen functional groups attached to an aromatic ring is 1. The molecule has 1 heterocycles. The van der Waals surface area contributed by atoms with Gasteiger partial charge in [0, 0.05) is 38.6 Å². The molecule has 0 aliphatic rings. The number of amides is 1. The number of hydrogen-bond acceptors (Lipinski definition) is 5. The lowest BCUT2D eigenvalue weighted by Gasteiger charge is -2.26. The molecule has 2 rings (SSSR count). The van der Waals surface area contributed by atoms with Crippen molar-refractivity contribution in [1.29, 1.82) is 5.26 Å². The Kier molecular flexibility index (Phi) is 5.90. The van der Waals surface area contributed by atoms with E-state index in [4.69, 9.17) is 11.0 Å². The molecule has 0 saturated carbocycles. The van der Waals surface area contributed by atoms with Crippen LogP contribution in [0.5, 0.6) is 0 Å². The van der Waals surface area contributed by atoms with Crippen molar-refractivity contribution >= 4 is 17.4 Å². The summed E-state index contributed by atoms with van der Waals surface area (Å²) in [6.07, 6.45) is 1.56. The maximum atomic E-state index is 14.0. The van der Waals surface area contributed by atoms with Crippen LogP contribution in [0.4, 0.5) is 15.9 Å². The number of carbonyl (C=O) groups is 1. The summed E-state index contributed by atoms with van der Waals surface area (Å²) in [5.41, 5.74) is 6.29. The minimum absolute atomic E-state index is 0.100. The van der Waals surface area contributed by atoms with E-state index in [9.17, 15) is 9.18 Å². The van der Waals surface area contributed by atoms with Gasteiger partial charge < -0.3 is 15.5 Å². The molecule has 2 N–H and O–H groups in total. The fourth-order valence-electron chi connectivity index (χ4n) is 2.41. The zero-order valence-electron chi connectivity index (χ0n) is 14.2. The molecule has 25 heavy (non-hydrogen) atoms. The van der Waals surface area contributed by atoms with Crippen molar-refractivity contribution in [3.05, 3.63) is 53.5 Å².